The fourth-order valence-corrected chi connectivity index (χ4v) is 4.95. The fourth-order valence-electron chi connectivity index (χ4n) is 4.95. The molecule has 146 valence electrons. The minimum atomic E-state index is -1.09. The number of benzene rings is 3. The SMILES string of the molecule is O=C1OCC[C@]12N[C@H](c1ccc3ccccc3c1)[C@H]([N+](=O)[O-])[C@H]2c1ccccc1. The predicted molar refractivity (Wildman–Crippen MR) is 108 cm³/mol. The fraction of sp³-hybridized carbons (Fsp3) is 0.261. The second-order valence-electron chi connectivity index (χ2n) is 7.75. The third-order valence-corrected chi connectivity index (χ3v) is 6.26. The van der Waals surface area contributed by atoms with Crippen LogP contribution in [0.1, 0.15) is 29.5 Å². The Morgan fingerprint density at radius 2 is 1.69 bits per heavy atom. The predicted octanol–water partition coefficient (Wildman–Crippen LogP) is 3.60. The molecule has 1 N–H and O–H groups in total. The normalized spacial score (nSPS) is 28.7. The lowest BCUT2D eigenvalue weighted by molar-refractivity contribution is -0.527. The minimum Gasteiger partial charge on any atom is -0.464 e. The van der Waals surface area contributed by atoms with Crippen molar-refractivity contribution >= 4 is 16.7 Å². The summed E-state index contributed by atoms with van der Waals surface area (Å²) in [5.41, 5.74) is 0.502. The lowest BCUT2D eigenvalue weighted by Crippen LogP contribution is -2.49. The standard InChI is InChI=1S/C23H20N2O4/c26-22-23(12-13-29-22)19(16-7-2-1-3-8-16)21(25(27)28)20(24-23)18-11-10-15-6-4-5-9-17(15)14-18/h1-11,14,19-21,24H,12-13H2/t19-,20-,21-,23-/m1/s1. The van der Waals surface area contributed by atoms with Crippen LogP contribution < -0.4 is 5.32 Å². The molecule has 2 aliphatic rings. The summed E-state index contributed by atoms with van der Waals surface area (Å²) in [7, 11) is 0. The Bertz CT molecular complexity index is 1100. The van der Waals surface area contributed by atoms with Crippen molar-refractivity contribution in [3.8, 4) is 0 Å². The van der Waals surface area contributed by atoms with E-state index in [1.807, 2.05) is 72.8 Å². The summed E-state index contributed by atoms with van der Waals surface area (Å²) in [5.74, 6) is -1.01. The number of rotatable bonds is 3. The van der Waals surface area contributed by atoms with Crippen LogP contribution in [0.3, 0.4) is 0 Å². The molecule has 0 amide bonds. The highest BCUT2D eigenvalue weighted by atomic mass is 16.6. The Morgan fingerprint density at radius 1 is 0.966 bits per heavy atom. The summed E-state index contributed by atoms with van der Waals surface area (Å²) in [6.07, 6.45) is 0.416. The van der Waals surface area contributed by atoms with E-state index in [0.717, 1.165) is 21.9 Å². The molecule has 5 rings (SSSR count). The van der Waals surface area contributed by atoms with Crippen molar-refractivity contribution in [3.05, 3.63) is 94.0 Å². The molecule has 2 saturated heterocycles. The number of nitro groups is 1. The van der Waals surface area contributed by atoms with Crippen molar-refractivity contribution in [1.82, 2.24) is 5.32 Å². The van der Waals surface area contributed by atoms with E-state index in [2.05, 4.69) is 5.32 Å². The molecule has 1 spiro atoms. The second-order valence-corrected chi connectivity index (χ2v) is 7.75. The molecule has 6 nitrogen and oxygen atoms in total. The van der Waals surface area contributed by atoms with E-state index in [0.29, 0.717) is 6.42 Å². The van der Waals surface area contributed by atoms with Gasteiger partial charge in [0.1, 0.15) is 11.6 Å². The number of ether oxygens (including phenoxy) is 1. The lowest BCUT2D eigenvalue weighted by atomic mass is 9.76. The van der Waals surface area contributed by atoms with Crippen LogP contribution in [0.15, 0.2) is 72.8 Å². The highest BCUT2D eigenvalue weighted by Crippen LogP contribution is 2.49. The smallest absolute Gasteiger partial charge is 0.327 e. The molecule has 0 bridgehead atoms. The molecule has 6 heteroatoms. The lowest BCUT2D eigenvalue weighted by Gasteiger charge is -2.26. The Kier molecular flexibility index (Phi) is 4.10. The zero-order valence-electron chi connectivity index (χ0n) is 15.7. The van der Waals surface area contributed by atoms with Crippen molar-refractivity contribution in [2.45, 2.75) is 30.0 Å². The molecule has 0 aromatic heterocycles. The number of fused-ring (bicyclic) bond motifs is 1. The molecule has 29 heavy (non-hydrogen) atoms. The molecule has 3 aromatic rings. The second kappa shape index (κ2) is 6.67. The van der Waals surface area contributed by atoms with Gasteiger partial charge in [-0.15, -0.1) is 0 Å². The largest absolute Gasteiger partial charge is 0.464 e. The van der Waals surface area contributed by atoms with Gasteiger partial charge in [0, 0.05) is 11.3 Å². The van der Waals surface area contributed by atoms with Gasteiger partial charge in [-0.1, -0.05) is 66.7 Å². The third kappa shape index (κ3) is 2.71. The van der Waals surface area contributed by atoms with Gasteiger partial charge >= 0.3 is 5.97 Å². The highest BCUT2D eigenvalue weighted by Gasteiger charge is 2.66. The number of nitrogens with zero attached hydrogens (tertiary/aromatic N) is 1. The zero-order valence-corrected chi connectivity index (χ0v) is 15.7. The minimum absolute atomic E-state index is 0.245. The van der Waals surface area contributed by atoms with E-state index in [1.165, 1.54) is 0 Å². The van der Waals surface area contributed by atoms with Crippen LogP contribution in [-0.4, -0.2) is 29.1 Å². The van der Waals surface area contributed by atoms with Gasteiger partial charge in [0.2, 0.25) is 6.04 Å². The van der Waals surface area contributed by atoms with Gasteiger partial charge in [-0.2, -0.15) is 0 Å². The van der Waals surface area contributed by atoms with E-state index in [1.54, 1.807) is 0 Å². The molecule has 2 aliphatic heterocycles. The van der Waals surface area contributed by atoms with E-state index in [4.69, 9.17) is 4.74 Å². The number of esters is 1. The van der Waals surface area contributed by atoms with Crippen LogP contribution in [0.5, 0.6) is 0 Å². The maximum absolute atomic E-state index is 12.8. The summed E-state index contributed by atoms with van der Waals surface area (Å²) >= 11 is 0. The highest BCUT2D eigenvalue weighted by molar-refractivity contribution is 5.86. The summed E-state index contributed by atoms with van der Waals surface area (Å²) in [6, 6.07) is 21.5. The van der Waals surface area contributed by atoms with Gasteiger partial charge in [0.05, 0.1) is 12.5 Å². The zero-order chi connectivity index (χ0) is 20.0. The molecule has 0 unspecified atom stereocenters. The molecule has 4 atom stereocenters. The first-order valence-corrected chi connectivity index (χ1v) is 9.72. The number of carbonyl (C=O) groups excluding carboxylic acids is 1. The molecule has 0 saturated carbocycles. The molecule has 0 aliphatic carbocycles. The average Bonchev–Trinajstić information content (AvgIpc) is 3.29. The van der Waals surface area contributed by atoms with Gasteiger partial charge in [-0.25, -0.2) is 0 Å². The number of nitrogens with one attached hydrogen (secondary N) is 1. The van der Waals surface area contributed by atoms with E-state index in [9.17, 15) is 14.9 Å². The summed E-state index contributed by atoms with van der Waals surface area (Å²) < 4.78 is 5.30. The molecule has 2 heterocycles. The maximum atomic E-state index is 12.8. The van der Waals surface area contributed by atoms with Crippen LogP contribution in [0, 0.1) is 10.1 Å². The van der Waals surface area contributed by atoms with Crippen molar-refractivity contribution < 1.29 is 14.5 Å². The first-order chi connectivity index (χ1) is 14.1. The van der Waals surface area contributed by atoms with E-state index in [-0.39, 0.29) is 11.5 Å². The molecule has 2 fully saturated rings. The Morgan fingerprint density at radius 3 is 2.38 bits per heavy atom. The van der Waals surface area contributed by atoms with Gasteiger partial charge in [-0.3, -0.25) is 20.2 Å². The first-order valence-electron chi connectivity index (χ1n) is 9.72. The Labute approximate surface area is 167 Å². The van der Waals surface area contributed by atoms with Gasteiger partial charge < -0.3 is 4.74 Å². The summed E-state index contributed by atoms with van der Waals surface area (Å²) in [4.78, 5) is 24.9. The van der Waals surface area contributed by atoms with Crippen LogP contribution >= 0.6 is 0 Å². The molecule has 0 radical (unpaired) electrons. The van der Waals surface area contributed by atoms with Crippen molar-refractivity contribution in [2.24, 2.45) is 0 Å². The monoisotopic (exact) mass is 388 g/mol. The Balaban J connectivity index is 1.67. The van der Waals surface area contributed by atoms with Gasteiger partial charge in [-0.05, 0) is 28.0 Å². The quantitative estimate of drug-likeness (QED) is 0.421. The maximum Gasteiger partial charge on any atom is 0.327 e. The number of hydrogen-bond acceptors (Lipinski definition) is 5. The van der Waals surface area contributed by atoms with E-state index >= 15 is 0 Å². The third-order valence-electron chi connectivity index (χ3n) is 6.26. The van der Waals surface area contributed by atoms with Gasteiger partial charge in [0.15, 0.2) is 0 Å². The average molecular weight is 388 g/mol. The Hall–Kier alpha value is -3.25. The van der Waals surface area contributed by atoms with Crippen LogP contribution in [-0.2, 0) is 9.53 Å². The van der Waals surface area contributed by atoms with Crippen molar-refractivity contribution in [1.29, 1.82) is 0 Å². The molecular formula is C23H20N2O4. The van der Waals surface area contributed by atoms with E-state index < -0.39 is 29.5 Å². The number of carbonyl (C=O) groups is 1. The van der Waals surface area contributed by atoms with Crippen LogP contribution in [0.25, 0.3) is 10.8 Å². The molecular weight excluding hydrogens is 368 g/mol. The number of hydrogen-bond donors (Lipinski definition) is 1. The van der Waals surface area contributed by atoms with Crippen LogP contribution in [0.4, 0.5) is 0 Å². The van der Waals surface area contributed by atoms with Crippen molar-refractivity contribution in [3.63, 3.8) is 0 Å². The summed E-state index contributed by atoms with van der Waals surface area (Å²) in [6.45, 7) is 0.268. The van der Waals surface area contributed by atoms with Gasteiger partial charge in [0.25, 0.3) is 0 Å². The summed E-state index contributed by atoms with van der Waals surface area (Å²) in [5, 5.41) is 17.7. The first kappa shape index (κ1) is 17.8. The molecule has 3 aromatic carbocycles. The topological polar surface area (TPSA) is 81.5 Å². The van der Waals surface area contributed by atoms with Crippen LogP contribution in [0.2, 0.25) is 0 Å². The number of cyclic esters (lactones) is 1. The van der Waals surface area contributed by atoms with Crippen molar-refractivity contribution in [2.75, 3.05) is 6.61 Å².